The number of ether oxygens (including phenoxy) is 5. The van der Waals surface area contributed by atoms with Crippen LogP contribution in [-0.4, -0.2) is 51.7 Å². The van der Waals surface area contributed by atoms with E-state index in [-0.39, 0.29) is 26.4 Å². The number of benzene rings is 4. The van der Waals surface area contributed by atoms with Gasteiger partial charge in [-0.25, -0.2) is 4.79 Å². The van der Waals surface area contributed by atoms with E-state index in [4.69, 9.17) is 28.8 Å². The van der Waals surface area contributed by atoms with E-state index in [0.717, 1.165) is 21.9 Å². The van der Waals surface area contributed by atoms with Gasteiger partial charge in [0.25, 0.3) is 0 Å². The molecule has 7 heteroatoms. The average molecular weight is 527 g/mol. The first-order valence-corrected chi connectivity index (χ1v) is 12.7. The molecule has 200 valence electrons. The number of hydrogen-bond donors (Lipinski definition) is 1. The second-order valence-corrected chi connectivity index (χ2v) is 8.97. The smallest absolute Gasteiger partial charge is 0.338 e. The maximum absolute atomic E-state index is 13.3. The van der Waals surface area contributed by atoms with Gasteiger partial charge in [0.15, 0.2) is 17.1 Å². The minimum atomic E-state index is -0.934. The highest BCUT2D eigenvalue weighted by Gasteiger charge is 2.39. The first-order chi connectivity index (χ1) is 19.1. The number of esters is 1. The molecule has 1 aliphatic heterocycles. The Balaban J connectivity index is 1.68. The van der Waals surface area contributed by atoms with Crippen molar-refractivity contribution in [1.29, 1.82) is 0 Å². The molecule has 39 heavy (non-hydrogen) atoms. The molecule has 0 aliphatic carbocycles. The summed E-state index contributed by atoms with van der Waals surface area (Å²) in [4.78, 5) is 13.3. The molecule has 0 amide bonds. The van der Waals surface area contributed by atoms with Crippen LogP contribution in [0.5, 0.6) is 17.2 Å². The zero-order chi connectivity index (χ0) is 27.2. The maximum atomic E-state index is 13.3. The fraction of sp³-hybridized carbons (Fsp3) is 0.219. The van der Waals surface area contributed by atoms with Crippen LogP contribution < -0.4 is 14.2 Å². The Morgan fingerprint density at radius 3 is 2.10 bits per heavy atom. The van der Waals surface area contributed by atoms with E-state index in [2.05, 4.69) is 0 Å². The molecule has 0 bridgehead atoms. The lowest BCUT2D eigenvalue weighted by atomic mass is 9.82. The van der Waals surface area contributed by atoms with Crippen molar-refractivity contribution < 1.29 is 33.6 Å². The van der Waals surface area contributed by atoms with Gasteiger partial charge < -0.3 is 28.8 Å². The minimum absolute atomic E-state index is 0.0557. The number of carbonyl (C=O) groups excluding carboxylic acids is 1. The molecule has 0 aromatic heterocycles. The molecule has 0 saturated heterocycles. The third kappa shape index (κ3) is 5.06. The van der Waals surface area contributed by atoms with Gasteiger partial charge in [0.1, 0.15) is 12.4 Å². The Hall–Kier alpha value is -4.33. The van der Waals surface area contributed by atoms with Gasteiger partial charge in [0.2, 0.25) is 0 Å². The second kappa shape index (κ2) is 11.6. The number of carbonyl (C=O) groups is 1. The van der Waals surface area contributed by atoms with Crippen molar-refractivity contribution in [2.24, 2.45) is 0 Å². The Bertz CT molecular complexity index is 1440. The lowest BCUT2D eigenvalue weighted by molar-refractivity contribution is 0.0257. The standard InChI is InChI=1S/C32H30O7/c1-35-28-20-22-19-27(31(34)38-18-17-37-16-15-33)25-13-14-32(23-9-5-3-6-10-23,24-11-7-4-8-12-24)39-30(25)26(22)21-29(28)36-2/h3-14,19-21,33H,15-18H2,1-2H3. The number of aliphatic hydroxyl groups is 1. The third-order valence-electron chi connectivity index (χ3n) is 6.70. The SMILES string of the molecule is COc1cc2cc(C(=O)OCCOCCO)c3c(c2cc1OC)OC(c1ccccc1)(c1ccccc1)C=C3. The molecule has 4 aromatic rings. The molecule has 5 rings (SSSR count). The van der Waals surface area contributed by atoms with Crippen molar-refractivity contribution in [1.82, 2.24) is 0 Å². The van der Waals surface area contributed by atoms with Gasteiger partial charge in [-0.05, 0) is 35.7 Å². The summed E-state index contributed by atoms with van der Waals surface area (Å²) in [6.07, 6.45) is 3.90. The number of hydrogen-bond acceptors (Lipinski definition) is 7. The minimum Gasteiger partial charge on any atom is -0.493 e. The van der Waals surface area contributed by atoms with Gasteiger partial charge in [0, 0.05) is 22.1 Å². The normalized spacial score (nSPS) is 13.4. The largest absolute Gasteiger partial charge is 0.493 e. The molecule has 0 unspecified atom stereocenters. The quantitative estimate of drug-likeness (QED) is 0.220. The lowest BCUT2D eigenvalue weighted by Crippen LogP contribution is -2.34. The molecule has 1 heterocycles. The summed E-state index contributed by atoms with van der Waals surface area (Å²) in [6.45, 7) is 0.330. The van der Waals surface area contributed by atoms with Gasteiger partial charge >= 0.3 is 5.97 Å². The van der Waals surface area contributed by atoms with Crippen molar-refractivity contribution in [2.75, 3.05) is 40.6 Å². The van der Waals surface area contributed by atoms with E-state index < -0.39 is 11.6 Å². The fourth-order valence-electron chi connectivity index (χ4n) is 4.84. The van der Waals surface area contributed by atoms with Gasteiger partial charge in [-0.3, -0.25) is 0 Å². The molecule has 7 nitrogen and oxygen atoms in total. The van der Waals surface area contributed by atoms with E-state index in [1.54, 1.807) is 20.3 Å². The lowest BCUT2D eigenvalue weighted by Gasteiger charge is -2.37. The predicted molar refractivity (Wildman–Crippen MR) is 149 cm³/mol. The molecule has 1 N–H and O–H groups in total. The summed E-state index contributed by atoms with van der Waals surface area (Å²) in [5.74, 6) is 1.11. The molecule has 0 radical (unpaired) electrons. The summed E-state index contributed by atoms with van der Waals surface area (Å²) in [5, 5.41) is 10.4. The maximum Gasteiger partial charge on any atom is 0.338 e. The Morgan fingerprint density at radius 2 is 1.49 bits per heavy atom. The molecule has 0 spiro atoms. The van der Waals surface area contributed by atoms with Crippen LogP contribution in [0.1, 0.15) is 27.0 Å². The molecular formula is C32H30O7. The second-order valence-electron chi connectivity index (χ2n) is 8.97. The van der Waals surface area contributed by atoms with Crippen LogP contribution in [0.4, 0.5) is 0 Å². The average Bonchev–Trinajstić information content (AvgIpc) is 3.00. The van der Waals surface area contributed by atoms with Crippen molar-refractivity contribution in [3.63, 3.8) is 0 Å². The zero-order valence-electron chi connectivity index (χ0n) is 21.9. The first-order valence-electron chi connectivity index (χ1n) is 12.7. The monoisotopic (exact) mass is 526 g/mol. The molecule has 1 aliphatic rings. The molecular weight excluding hydrogens is 496 g/mol. The zero-order valence-corrected chi connectivity index (χ0v) is 21.9. The molecule has 0 fully saturated rings. The summed E-state index contributed by atoms with van der Waals surface area (Å²) in [5.41, 5.74) is 1.92. The number of methoxy groups -OCH3 is 2. The van der Waals surface area contributed by atoms with E-state index >= 15 is 0 Å². The first kappa shape index (κ1) is 26.3. The molecule has 4 aromatic carbocycles. The summed E-state index contributed by atoms with van der Waals surface area (Å²) in [7, 11) is 3.15. The van der Waals surface area contributed by atoms with Gasteiger partial charge in [0.05, 0.1) is 39.6 Å². The summed E-state index contributed by atoms with van der Waals surface area (Å²) < 4.78 is 28.9. The van der Waals surface area contributed by atoms with E-state index in [0.29, 0.717) is 28.4 Å². The molecule has 0 atom stereocenters. The molecule has 0 saturated carbocycles. The Kier molecular flexibility index (Phi) is 7.81. The highest BCUT2D eigenvalue weighted by molar-refractivity contribution is 6.04. The van der Waals surface area contributed by atoms with Gasteiger partial charge in [-0.2, -0.15) is 0 Å². The van der Waals surface area contributed by atoms with Crippen LogP contribution in [0, 0.1) is 0 Å². The highest BCUT2D eigenvalue weighted by atomic mass is 16.6. The predicted octanol–water partition coefficient (Wildman–Crippen LogP) is 5.37. The van der Waals surface area contributed by atoms with E-state index in [9.17, 15) is 4.79 Å². The topological polar surface area (TPSA) is 83.5 Å². The van der Waals surface area contributed by atoms with Crippen LogP contribution in [0.3, 0.4) is 0 Å². The van der Waals surface area contributed by atoms with Gasteiger partial charge in [-0.15, -0.1) is 0 Å². The van der Waals surface area contributed by atoms with Gasteiger partial charge in [-0.1, -0.05) is 60.7 Å². The fourth-order valence-corrected chi connectivity index (χ4v) is 4.84. The number of fused-ring (bicyclic) bond motifs is 3. The third-order valence-corrected chi connectivity index (χ3v) is 6.70. The number of aliphatic hydroxyl groups excluding tert-OH is 1. The van der Waals surface area contributed by atoms with Crippen molar-refractivity contribution in [3.05, 3.63) is 107 Å². The number of rotatable bonds is 10. The highest BCUT2D eigenvalue weighted by Crippen LogP contribution is 2.48. The van der Waals surface area contributed by atoms with Crippen molar-refractivity contribution >= 4 is 22.8 Å². The van der Waals surface area contributed by atoms with E-state index in [1.165, 1.54) is 0 Å². The van der Waals surface area contributed by atoms with Crippen molar-refractivity contribution in [3.8, 4) is 17.2 Å². The van der Waals surface area contributed by atoms with Crippen LogP contribution in [0.25, 0.3) is 16.8 Å². The summed E-state index contributed by atoms with van der Waals surface area (Å²) >= 11 is 0. The van der Waals surface area contributed by atoms with E-state index in [1.807, 2.05) is 84.9 Å². The van der Waals surface area contributed by atoms with Crippen LogP contribution in [0.15, 0.2) is 84.9 Å². The van der Waals surface area contributed by atoms with Crippen molar-refractivity contribution in [2.45, 2.75) is 5.60 Å². The van der Waals surface area contributed by atoms with Crippen LogP contribution >= 0.6 is 0 Å². The van der Waals surface area contributed by atoms with Crippen LogP contribution in [0.2, 0.25) is 0 Å². The van der Waals surface area contributed by atoms with Crippen LogP contribution in [-0.2, 0) is 15.1 Å². The Labute approximate surface area is 227 Å². The summed E-state index contributed by atoms with van der Waals surface area (Å²) in [6, 6.07) is 25.4. The Morgan fingerprint density at radius 1 is 0.846 bits per heavy atom.